The largest absolute Gasteiger partial charge is 0.493 e. The average Bonchev–Trinajstić information content (AvgIpc) is 3.32. The highest BCUT2D eigenvalue weighted by Crippen LogP contribution is 2.29. The van der Waals surface area contributed by atoms with Gasteiger partial charge in [0.1, 0.15) is 0 Å². The molecule has 160 valence electrons. The minimum absolute atomic E-state index is 0. The summed E-state index contributed by atoms with van der Waals surface area (Å²) in [6.07, 6.45) is 1.85. The average molecular weight is 425 g/mol. The second-order valence-corrected chi connectivity index (χ2v) is 7.12. The van der Waals surface area contributed by atoms with E-state index in [4.69, 9.17) is 14.0 Å². The monoisotopic (exact) mass is 424 g/mol. The molecule has 29 heavy (non-hydrogen) atoms. The predicted octanol–water partition coefficient (Wildman–Crippen LogP) is 2.22. The van der Waals surface area contributed by atoms with Crippen LogP contribution >= 0.6 is 12.4 Å². The first kappa shape index (κ1) is 23.0. The molecule has 1 amide bonds. The lowest BCUT2D eigenvalue weighted by Crippen LogP contribution is -2.27. The Bertz CT molecular complexity index is 814. The van der Waals surface area contributed by atoms with Crippen molar-refractivity contribution < 1.29 is 18.8 Å². The Morgan fingerprint density at radius 1 is 1.31 bits per heavy atom. The molecule has 2 unspecified atom stereocenters. The summed E-state index contributed by atoms with van der Waals surface area (Å²) < 4.78 is 16.0. The molecule has 0 aliphatic carbocycles. The smallest absolute Gasteiger partial charge is 0.232 e. The first-order chi connectivity index (χ1) is 13.5. The Kier molecular flexibility index (Phi) is 8.28. The zero-order valence-electron chi connectivity index (χ0n) is 17.3. The number of nitrogens with zero attached hydrogens (tertiary/aromatic N) is 3. The second-order valence-electron chi connectivity index (χ2n) is 7.12. The van der Waals surface area contributed by atoms with Crippen LogP contribution in [-0.2, 0) is 17.6 Å². The highest BCUT2D eigenvalue weighted by Gasteiger charge is 2.34. The molecule has 2 heterocycles. The molecule has 1 N–H and O–H groups in total. The maximum atomic E-state index is 12.4. The van der Waals surface area contributed by atoms with Gasteiger partial charge < -0.3 is 24.2 Å². The molecule has 1 aliphatic rings. The molecule has 9 heteroatoms. The summed E-state index contributed by atoms with van der Waals surface area (Å²) in [5.74, 6) is 2.70. The number of likely N-dealkylation sites (N-methyl/N-ethyl adjacent to an activating group) is 1. The van der Waals surface area contributed by atoms with E-state index in [2.05, 4.69) is 22.4 Å². The molecule has 2 aromatic rings. The van der Waals surface area contributed by atoms with Crippen molar-refractivity contribution in [2.24, 2.45) is 0 Å². The summed E-state index contributed by atoms with van der Waals surface area (Å²) in [7, 11) is 5.13. The Hall–Kier alpha value is -2.32. The van der Waals surface area contributed by atoms with Crippen molar-refractivity contribution in [1.82, 2.24) is 20.4 Å². The van der Waals surface area contributed by atoms with E-state index in [-0.39, 0.29) is 30.3 Å². The molecule has 0 saturated carbocycles. The van der Waals surface area contributed by atoms with Crippen LogP contribution in [0.5, 0.6) is 11.5 Å². The lowest BCUT2D eigenvalue weighted by atomic mass is 10.1. The van der Waals surface area contributed by atoms with Gasteiger partial charge in [0.25, 0.3) is 0 Å². The standard InChI is InChI=1S/C20H28N4O4.ClH/c1-13(21-2)9-18-22-20(28-23-18)15-11-19(25)24(12-15)8-7-14-5-6-16(26-3)17(10-14)27-4;/h5-6,10,13,15,21H,7-9,11-12H2,1-4H3;1H. The molecule has 0 spiro atoms. The number of carbonyl (C=O) groups is 1. The number of hydrogen-bond donors (Lipinski definition) is 1. The van der Waals surface area contributed by atoms with Gasteiger partial charge in [0.05, 0.1) is 20.1 Å². The number of rotatable bonds is 9. The van der Waals surface area contributed by atoms with E-state index >= 15 is 0 Å². The topological polar surface area (TPSA) is 89.7 Å². The fourth-order valence-corrected chi connectivity index (χ4v) is 3.35. The van der Waals surface area contributed by atoms with Crippen LogP contribution in [0, 0.1) is 0 Å². The summed E-state index contributed by atoms with van der Waals surface area (Å²) in [5, 5.41) is 7.20. The Morgan fingerprint density at radius 3 is 2.76 bits per heavy atom. The number of ether oxygens (including phenoxy) is 2. The van der Waals surface area contributed by atoms with Crippen molar-refractivity contribution in [2.45, 2.75) is 38.1 Å². The molecule has 1 fully saturated rings. The molecule has 1 aromatic carbocycles. The third-order valence-electron chi connectivity index (χ3n) is 5.15. The molecular weight excluding hydrogens is 396 g/mol. The van der Waals surface area contributed by atoms with Gasteiger partial charge in [-0.1, -0.05) is 11.2 Å². The van der Waals surface area contributed by atoms with Crippen molar-refractivity contribution in [3.8, 4) is 11.5 Å². The van der Waals surface area contributed by atoms with Crippen molar-refractivity contribution >= 4 is 18.3 Å². The first-order valence-electron chi connectivity index (χ1n) is 9.52. The highest BCUT2D eigenvalue weighted by molar-refractivity contribution is 5.85. The summed E-state index contributed by atoms with van der Waals surface area (Å²) in [6.45, 7) is 3.31. The lowest BCUT2D eigenvalue weighted by Gasteiger charge is -2.16. The summed E-state index contributed by atoms with van der Waals surface area (Å²) >= 11 is 0. The van der Waals surface area contributed by atoms with E-state index in [1.54, 1.807) is 14.2 Å². The lowest BCUT2D eigenvalue weighted by molar-refractivity contribution is -0.127. The number of likely N-dealkylation sites (tertiary alicyclic amines) is 1. The summed E-state index contributed by atoms with van der Waals surface area (Å²) in [4.78, 5) is 18.8. The maximum Gasteiger partial charge on any atom is 0.232 e. The van der Waals surface area contributed by atoms with Crippen molar-refractivity contribution in [3.63, 3.8) is 0 Å². The van der Waals surface area contributed by atoms with E-state index in [1.165, 1.54) is 0 Å². The SMILES string of the molecule is CNC(C)Cc1noc(C2CC(=O)N(CCc3ccc(OC)c(OC)c3)C2)n1.Cl. The number of hydrogen-bond acceptors (Lipinski definition) is 7. The fraction of sp³-hybridized carbons (Fsp3) is 0.550. The quantitative estimate of drug-likeness (QED) is 0.660. The number of amides is 1. The molecular formula is C20H29ClN4O4. The van der Waals surface area contributed by atoms with Crippen molar-refractivity contribution in [1.29, 1.82) is 0 Å². The number of nitrogens with one attached hydrogen (secondary N) is 1. The molecule has 1 aliphatic heterocycles. The molecule has 1 aromatic heterocycles. The maximum absolute atomic E-state index is 12.4. The Labute approximate surface area is 177 Å². The van der Waals surface area contributed by atoms with Crippen LogP contribution in [0.1, 0.15) is 36.5 Å². The minimum Gasteiger partial charge on any atom is -0.493 e. The number of benzene rings is 1. The van der Waals surface area contributed by atoms with Crippen molar-refractivity contribution in [2.75, 3.05) is 34.4 Å². The molecule has 8 nitrogen and oxygen atoms in total. The highest BCUT2D eigenvalue weighted by atomic mass is 35.5. The van der Waals surface area contributed by atoms with Gasteiger partial charge in [-0.15, -0.1) is 12.4 Å². The Morgan fingerprint density at radius 2 is 2.07 bits per heavy atom. The van der Waals surface area contributed by atoms with Gasteiger partial charge in [-0.05, 0) is 38.1 Å². The van der Waals surface area contributed by atoms with Crippen LogP contribution in [0.25, 0.3) is 0 Å². The van der Waals surface area contributed by atoms with Crippen LogP contribution in [-0.4, -0.2) is 61.3 Å². The molecule has 1 saturated heterocycles. The van der Waals surface area contributed by atoms with Gasteiger partial charge in [-0.25, -0.2) is 0 Å². The van der Waals surface area contributed by atoms with Crippen LogP contribution < -0.4 is 14.8 Å². The van der Waals surface area contributed by atoms with E-state index in [1.807, 2.05) is 30.1 Å². The van der Waals surface area contributed by atoms with Gasteiger partial charge >= 0.3 is 0 Å². The predicted molar refractivity (Wildman–Crippen MR) is 111 cm³/mol. The van der Waals surface area contributed by atoms with Crippen LogP contribution in [0.15, 0.2) is 22.7 Å². The first-order valence-corrected chi connectivity index (χ1v) is 9.52. The third-order valence-corrected chi connectivity index (χ3v) is 5.15. The number of aromatic nitrogens is 2. The van der Waals surface area contributed by atoms with Gasteiger partial charge in [0.15, 0.2) is 17.3 Å². The van der Waals surface area contributed by atoms with Gasteiger partial charge in [-0.2, -0.15) is 4.98 Å². The van der Waals surface area contributed by atoms with Crippen LogP contribution in [0.4, 0.5) is 0 Å². The zero-order chi connectivity index (χ0) is 20.1. The van der Waals surface area contributed by atoms with Crippen LogP contribution in [0.3, 0.4) is 0 Å². The normalized spacial score (nSPS) is 17.2. The summed E-state index contributed by atoms with van der Waals surface area (Å²) in [6, 6.07) is 6.10. The van der Waals surface area contributed by atoms with E-state index < -0.39 is 0 Å². The van der Waals surface area contributed by atoms with Crippen LogP contribution in [0.2, 0.25) is 0 Å². The zero-order valence-corrected chi connectivity index (χ0v) is 18.1. The van der Waals surface area contributed by atoms with Crippen molar-refractivity contribution in [3.05, 3.63) is 35.5 Å². The van der Waals surface area contributed by atoms with Gasteiger partial charge in [0, 0.05) is 32.0 Å². The van der Waals surface area contributed by atoms with Gasteiger partial charge in [0.2, 0.25) is 11.8 Å². The molecule has 0 bridgehead atoms. The van der Waals surface area contributed by atoms with Gasteiger partial charge in [-0.3, -0.25) is 4.79 Å². The Balaban J connectivity index is 0.00000300. The van der Waals surface area contributed by atoms with E-state index in [9.17, 15) is 4.79 Å². The van der Waals surface area contributed by atoms with E-state index in [0.29, 0.717) is 49.1 Å². The number of halogens is 1. The molecule has 0 radical (unpaired) electrons. The second kappa shape index (κ2) is 10.5. The fourth-order valence-electron chi connectivity index (χ4n) is 3.35. The summed E-state index contributed by atoms with van der Waals surface area (Å²) in [5.41, 5.74) is 1.09. The molecule has 2 atom stereocenters. The number of methoxy groups -OCH3 is 2. The third kappa shape index (κ3) is 5.61. The minimum atomic E-state index is -0.0379. The molecule has 3 rings (SSSR count). The van der Waals surface area contributed by atoms with E-state index in [0.717, 1.165) is 12.0 Å². The number of carbonyl (C=O) groups excluding carboxylic acids is 1.